The molecule has 0 spiro atoms. The Morgan fingerprint density at radius 3 is 1.46 bits per heavy atom. The molecule has 0 saturated heterocycles. The van der Waals surface area contributed by atoms with Gasteiger partial charge in [0.05, 0.1) is 13.3 Å². The van der Waals surface area contributed by atoms with Crippen molar-refractivity contribution in [2.24, 2.45) is 0 Å². The Morgan fingerprint density at radius 1 is 0.692 bits per heavy atom. The molecule has 1 heterocycles. The fourth-order valence-electron chi connectivity index (χ4n) is 3.44. The first kappa shape index (κ1) is 16.1. The van der Waals surface area contributed by atoms with E-state index < -0.39 is 5.54 Å². The Hall–Kier alpha value is -3.40. The van der Waals surface area contributed by atoms with Gasteiger partial charge in [-0.05, 0) is 16.7 Å². The number of ether oxygens (including phenoxy) is 1. The Labute approximate surface area is 152 Å². The smallest absolute Gasteiger partial charge is 0.253 e. The molecule has 128 valence electrons. The Balaban J connectivity index is 2.10. The standard InChI is InChI=1S/C22H19N3O/c1-26-21-17-25(24-23-21)22(18-11-5-2-6-12-18,19-13-7-3-8-14-19)20-15-9-4-10-16-20/h2-17H,1H3. The number of aromatic nitrogens is 3. The van der Waals surface area contributed by atoms with E-state index in [2.05, 4.69) is 46.7 Å². The van der Waals surface area contributed by atoms with E-state index in [9.17, 15) is 0 Å². The van der Waals surface area contributed by atoms with Crippen molar-refractivity contribution in [2.45, 2.75) is 5.54 Å². The van der Waals surface area contributed by atoms with Gasteiger partial charge in [-0.25, -0.2) is 4.68 Å². The molecule has 4 aromatic rings. The fraction of sp³-hybridized carbons (Fsp3) is 0.0909. The van der Waals surface area contributed by atoms with Gasteiger partial charge in [0, 0.05) is 0 Å². The maximum atomic E-state index is 5.30. The van der Waals surface area contributed by atoms with Crippen LogP contribution in [0.5, 0.6) is 5.88 Å². The third-order valence-corrected chi connectivity index (χ3v) is 4.60. The highest BCUT2D eigenvalue weighted by Crippen LogP contribution is 2.40. The molecule has 0 bridgehead atoms. The first-order valence-electron chi connectivity index (χ1n) is 8.49. The number of rotatable bonds is 5. The van der Waals surface area contributed by atoms with Gasteiger partial charge in [-0.3, -0.25) is 0 Å². The second-order valence-corrected chi connectivity index (χ2v) is 6.01. The monoisotopic (exact) mass is 341 g/mol. The molecule has 26 heavy (non-hydrogen) atoms. The van der Waals surface area contributed by atoms with E-state index in [1.165, 1.54) is 0 Å². The van der Waals surface area contributed by atoms with Crippen molar-refractivity contribution in [3.05, 3.63) is 114 Å². The van der Waals surface area contributed by atoms with E-state index in [0.717, 1.165) is 16.7 Å². The summed E-state index contributed by atoms with van der Waals surface area (Å²) < 4.78 is 7.18. The summed E-state index contributed by atoms with van der Waals surface area (Å²) in [6.45, 7) is 0. The average molecular weight is 341 g/mol. The molecule has 0 aliphatic heterocycles. The summed E-state index contributed by atoms with van der Waals surface area (Å²) in [6, 6.07) is 31.0. The summed E-state index contributed by atoms with van der Waals surface area (Å²) in [7, 11) is 1.60. The highest BCUT2D eigenvalue weighted by atomic mass is 16.5. The summed E-state index contributed by atoms with van der Waals surface area (Å²) in [5.41, 5.74) is 2.66. The second-order valence-electron chi connectivity index (χ2n) is 6.01. The minimum absolute atomic E-state index is 0.483. The second kappa shape index (κ2) is 6.84. The Kier molecular flexibility index (Phi) is 4.23. The van der Waals surface area contributed by atoms with Crippen LogP contribution in [0.4, 0.5) is 0 Å². The topological polar surface area (TPSA) is 39.9 Å². The zero-order valence-corrected chi connectivity index (χ0v) is 14.5. The van der Waals surface area contributed by atoms with Gasteiger partial charge in [-0.15, -0.1) is 0 Å². The van der Waals surface area contributed by atoms with Crippen LogP contribution in [0.1, 0.15) is 16.7 Å². The zero-order valence-electron chi connectivity index (χ0n) is 14.5. The molecule has 0 aliphatic rings. The molecule has 0 aliphatic carbocycles. The molecule has 0 N–H and O–H groups in total. The molecular formula is C22H19N3O. The largest absolute Gasteiger partial charge is 0.479 e. The first-order chi connectivity index (χ1) is 12.9. The normalized spacial score (nSPS) is 11.3. The van der Waals surface area contributed by atoms with E-state index in [4.69, 9.17) is 4.74 Å². The summed E-state index contributed by atoms with van der Waals surface area (Å²) in [6.07, 6.45) is 1.84. The summed E-state index contributed by atoms with van der Waals surface area (Å²) in [4.78, 5) is 0. The highest BCUT2D eigenvalue weighted by molar-refractivity contribution is 5.50. The van der Waals surface area contributed by atoms with Crippen molar-refractivity contribution in [2.75, 3.05) is 7.11 Å². The van der Waals surface area contributed by atoms with Crippen LogP contribution >= 0.6 is 0 Å². The van der Waals surface area contributed by atoms with E-state index in [0.29, 0.717) is 5.88 Å². The lowest BCUT2D eigenvalue weighted by Gasteiger charge is -2.35. The minimum atomic E-state index is -0.645. The van der Waals surface area contributed by atoms with Crippen LogP contribution in [0.25, 0.3) is 0 Å². The van der Waals surface area contributed by atoms with Crippen molar-refractivity contribution in [1.29, 1.82) is 0 Å². The maximum Gasteiger partial charge on any atom is 0.253 e. The third-order valence-electron chi connectivity index (χ3n) is 4.60. The van der Waals surface area contributed by atoms with Crippen LogP contribution in [-0.4, -0.2) is 22.1 Å². The van der Waals surface area contributed by atoms with Gasteiger partial charge < -0.3 is 4.74 Å². The molecule has 3 aromatic carbocycles. The van der Waals surface area contributed by atoms with Gasteiger partial charge in [0.1, 0.15) is 5.54 Å². The van der Waals surface area contributed by atoms with Gasteiger partial charge in [0.15, 0.2) is 0 Å². The lowest BCUT2D eigenvalue weighted by atomic mass is 9.77. The SMILES string of the molecule is COc1cn(C(c2ccccc2)(c2ccccc2)c2ccccc2)nn1. The number of hydrogen-bond acceptors (Lipinski definition) is 3. The predicted molar refractivity (Wildman–Crippen MR) is 101 cm³/mol. The molecule has 4 heteroatoms. The maximum absolute atomic E-state index is 5.30. The highest BCUT2D eigenvalue weighted by Gasteiger charge is 2.39. The first-order valence-corrected chi connectivity index (χ1v) is 8.49. The van der Waals surface area contributed by atoms with E-state index >= 15 is 0 Å². The van der Waals surface area contributed by atoms with Gasteiger partial charge in [0.25, 0.3) is 5.88 Å². The molecule has 0 amide bonds. The van der Waals surface area contributed by atoms with Crippen molar-refractivity contribution in [3.63, 3.8) is 0 Å². The molecule has 0 fully saturated rings. The lowest BCUT2D eigenvalue weighted by molar-refractivity contribution is 0.397. The molecule has 0 radical (unpaired) electrons. The number of nitrogens with zero attached hydrogens (tertiary/aromatic N) is 3. The van der Waals surface area contributed by atoms with Gasteiger partial charge in [-0.1, -0.05) is 101 Å². The van der Waals surface area contributed by atoms with E-state index in [1.807, 2.05) is 65.5 Å². The van der Waals surface area contributed by atoms with Crippen LogP contribution in [0.3, 0.4) is 0 Å². The third kappa shape index (κ3) is 2.56. The van der Waals surface area contributed by atoms with Crippen molar-refractivity contribution < 1.29 is 4.74 Å². The van der Waals surface area contributed by atoms with Crippen LogP contribution in [0, 0.1) is 0 Å². The predicted octanol–water partition coefficient (Wildman–Crippen LogP) is 4.13. The van der Waals surface area contributed by atoms with E-state index in [1.54, 1.807) is 7.11 Å². The average Bonchev–Trinajstić information content (AvgIpc) is 3.21. The Bertz CT molecular complexity index is 869. The summed E-state index contributed by atoms with van der Waals surface area (Å²) in [5.74, 6) is 0.483. The number of benzene rings is 3. The van der Waals surface area contributed by atoms with Gasteiger partial charge >= 0.3 is 0 Å². The van der Waals surface area contributed by atoms with Gasteiger partial charge in [-0.2, -0.15) is 0 Å². The number of methoxy groups -OCH3 is 1. The molecule has 4 nitrogen and oxygen atoms in total. The zero-order chi connectivity index (χ0) is 17.8. The van der Waals surface area contributed by atoms with Crippen LogP contribution in [0.15, 0.2) is 97.2 Å². The Morgan fingerprint density at radius 2 is 1.12 bits per heavy atom. The van der Waals surface area contributed by atoms with Crippen molar-refractivity contribution >= 4 is 0 Å². The lowest BCUT2D eigenvalue weighted by Crippen LogP contribution is -2.38. The fourth-order valence-corrected chi connectivity index (χ4v) is 3.44. The molecule has 0 saturated carbocycles. The quantitative estimate of drug-likeness (QED) is 0.513. The van der Waals surface area contributed by atoms with Crippen LogP contribution < -0.4 is 4.74 Å². The minimum Gasteiger partial charge on any atom is -0.479 e. The summed E-state index contributed by atoms with van der Waals surface area (Å²) in [5, 5.41) is 8.60. The van der Waals surface area contributed by atoms with Crippen LogP contribution in [0.2, 0.25) is 0 Å². The molecule has 1 aromatic heterocycles. The van der Waals surface area contributed by atoms with Crippen molar-refractivity contribution in [1.82, 2.24) is 15.0 Å². The molecule has 0 atom stereocenters. The van der Waals surface area contributed by atoms with Crippen LogP contribution in [-0.2, 0) is 5.54 Å². The van der Waals surface area contributed by atoms with E-state index in [-0.39, 0.29) is 0 Å². The molecular weight excluding hydrogens is 322 g/mol. The molecule has 4 rings (SSSR count). The van der Waals surface area contributed by atoms with Gasteiger partial charge in [0.2, 0.25) is 0 Å². The van der Waals surface area contributed by atoms with Crippen molar-refractivity contribution in [3.8, 4) is 5.88 Å². The summed E-state index contributed by atoms with van der Waals surface area (Å²) >= 11 is 0. The number of hydrogen-bond donors (Lipinski definition) is 0. The molecule has 0 unspecified atom stereocenters.